The predicted octanol–water partition coefficient (Wildman–Crippen LogP) is 2.99. The summed E-state index contributed by atoms with van der Waals surface area (Å²) in [5.74, 6) is 0.915. The van der Waals surface area contributed by atoms with Gasteiger partial charge in [-0.15, -0.1) is 0 Å². The molecule has 0 aromatic heterocycles. The topological polar surface area (TPSA) is 84.9 Å². The summed E-state index contributed by atoms with van der Waals surface area (Å²) < 4.78 is 38.2. The molecule has 1 heterocycles. The molecule has 2 atom stereocenters. The van der Waals surface area contributed by atoms with E-state index in [9.17, 15) is 13.2 Å². The van der Waals surface area contributed by atoms with Gasteiger partial charge in [0.1, 0.15) is 18.1 Å². The van der Waals surface area contributed by atoms with Crippen LogP contribution < -0.4 is 14.8 Å². The second-order valence-corrected chi connectivity index (χ2v) is 9.85. The van der Waals surface area contributed by atoms with Gasteiger partial charge in [0.05, 0.1) is 24.0 Å². The highest BCUT2D eigenvalue weighted by Crippen LogP contribution is 2.24. The molecule has 1 fully saturated rings. The minimum Gasteiger partial charge on any atom is -0.497 e. The summed E-state index contributed by atoms with van der Waals surface area (Å²) in [6.07, 6.45) is 1.32. The van der Waals surface area contributed by atoms with E-state index in [0.29, 0.717) is 31.7 Å². The second kappa shape index (κ2) is 10.2. The maximum atomic E-state index is 13.0. The summed E-state index contributed by atoms with van der Waals surface area (Å²) in [4.78, 5) is 13.0. The lowest BCUT2D eigenvalue weighted by atomic mass is 9.98. The van der Waals surface area contributed by atoms with E-state index in [-0.39, 0.29) is 29.3 Å². The summed E-state index contributed by atoms with van der Waals surface area (Å²) in [5, 5.41) is 2.95. The zero-order chi connectivity index (χ0) is 22.4. The van der Waals surface area contributed by atoms with Gasteiger partial charge < -0.3 is 14.8 Å². The predicted molar refractivity (Wildman–Crippen MR) is 119 cm³/mol. The van der Waals surface area contributed by atoms with Gasteiger partial charge in [-0.1, -0.05) is 17.7 Å². The number of rotatable bonds is 8. The van der Waals surface area contributed by atoms with Crippen molar-refractivity contribution in [2.24, 2.45) is 5.92 Å². The number of benzene rings is 2. The molecule has 7 nitrogen and oxygen atoms in total. The molecule has 168 valence electrons. The zero-order valence-corrected chi connectivity index (χ0v) is 19.0. The Balaban J connectivity index is 1.54. The first-order chi connectivity index (χ1) is 14.8. The quantitative estimate of drug-likeness (QED) is 0.674. The summed E-state index contributed by atoms with van der Waals surface area (Å²) in [6, 6.07) is 13.8. The number of amides is 1. The number of hydrogen-bond acceptors (Lipinski definition) is 5. The van der Waals surface area contributed by atoms with E-state index in [1.54, 1.807) is 31.4 Å². The molecule has 1 amide bonds. The van der Waals surface area contributed by atoms with Crippen LogP contribution in [0, 0.1) is 12.8 Å². The van der Waals surface area contributed by atoms with E-state index in [2.05, 4.69) is 5.32 Å². The van der Waals surface area contributed by atoms with Crippen LogP contribution in [0.25, 0.3) is 0 Å². The fourth-order valence-corrected chi connectivity index (χ4v) is 5.05. The van der Waals surface area contributed by atoms with Gasteiger partial charge in [0.15, 0.2) is 0 Å². The van der Waals surface area contributed by atoms with Crippen LogP contribution in [0.1, 0.15) is 25.3 Å². The lowest BCUT2D eigenvalue weighted by Crippen LogP contribution is -2.48. The average molecular weight is 447 g/mol. The molecule has 0 saturated carbocycles. The average Bonchev–Trinajstić information content (AvgIpc) is 2.78. The maximum Gasteiger partial charge on any atom is 0.243 e. The minimum atomic E-state index is -3.61. The molecule has 3 rings (SSSR count). The van der Waals surface area contributed by atoms with Gasteiger partial charge >= 0.3 is 0 Å². The summed E-state index contributed by atoms with van der Waals surface area (Å²) in [6.45, 7) is 4.71. The van der Waals surface area contributed by atoms with E-state index in [0.717, 1.165) is 11.3 Å². The van der Waals surface area contributed by atoms with Crippen LogP contribution in [0.3, 0.4) is 0 Å². The highest BCUT2D eigenvalue weighted by molar-refractivity contribution is 7.89. The molecule has 8 heteroatoms. The van der Waals surface area contributed by atoms with Crippen LogP contribution in [0.2, 0.25) is 0 Å². The second-order valence-electron chi connectivity index (χ2n) is 7.91. The number of nitrogens with one attached hydrogen (secondary N) is 1. The smallest absolute Gasteiger partial charge is 0.243 e. The lowest BCUT2D eigenvalue weighted by molar-refractivity contribution is -0.126. The number of methoxy groups -OCH3 is 1. The highest BCUT2D eigenvalue weighted by Gasteiger charge is 2.33. The van der Waals surface area contributed by atoms with Crippen molar-refractivity contribution in [3.63, 3.8) is 0 Å². The van der Waals surface area contributed by atoms with Gasteiger partial charge in [-0.2, -0.15) is 4.31 Å². The Morgan fingerprint density at radius 3 is 2.42 bits per heavy atom. The van der Waals surface area contributed by atoms with E-state index >= 15 is 0 Å². The Hall–Kier alpha value is -2.58. The molecule has 1 aliphatic heterocycles. The van der Waals surface area contributed by atoms with Gasteiger partial charge in [0.25, 0.3) is 0 Å². The molecule has 0 spiro atoms. The number of ether oxygens (including phenoxy) is 2. The van der Waals surface area contributed by atoms with Gasteiger partial charge in [-0.3, -0.25) is 4.79 Å². The van der Waals surface area contributed by atoms with Crippen molar-refractivity contribution in [1.29, 1.82) is 0 Å². The van der Waals surface area contributed by atoms with Crippen LogP contribution in [0.5, 0.6) is 11.5 Å². The Bertz CT molecular complexity index is 974. The van der Waals surface area contributed by atoms with Crippen LogP contribution in [0.4, 0.5) is 0 Å². The summed E-state index contributed by atoms with van der Waals surface area (Å²) >= 11 is 0. The number of piperidine rings is 1. The first-order valence-electron chi connectivity index (χ1n) is 10.4. The molecule has 1 N–H and O–H groups in total. The van der Waals surface area contributed by atoms with Crippen molar-refractivity contribution in [2.75, 3.05) is 26.8 Å². The number of hydrogen-bond donors (Lipinski definition) is 1. The maximum absolute atomic E-state index is 13.0. The van der Waals surface area contributed by atoms with E-state index in [1.807, 2.05) is 38.1 Å². The van der Waals surface area contributed by atoms with Crippen molar-refractivity contribution in [1.82, 2.24) is 9.62 Å². The van der Waals surface area contributed by atoms with E-state index < -0.39 is 10.0 Å². The number of nitrogens with zero attached hydrogens (tertiary/aromatic N) is 1. The molecule has 31 heavy (non-hydrogen) atoms. The van der Waals surface area contributed by atoms with Crippen LogP contribution in [-0.4, -0.2) is 51.5 Å². The van der Waals surface area contributed by atoms with Gasteiger partial charge in [-0.05, 0) is 63.1 Å². The third-order valence-corrected chi connectivity index (χ3v) is 7.24. The SMILES string of the molecule is COc1ccc(OCC(C)NC(=O)C2CCCN(S(=O)(=O)c3ccc(C)cc3)C2)cc1. The Kier molecular flexibility index (Phi) is 7.56. The molecule has 0 radical (unpaired) electrons. The molecule has 2 aromatic carbocycles. The molecule has 2 unspecified atom stereocenters. The fraction of sp³-hybridized carbons (Fsp3) is 0.435. The number of carbonyl (C=O) groups is 1. The van der Waals surface area contributed by atoms with Crippen molar-refractivity contribution in [2.45, 2.75) is 37.6 Å². The molecule has 0 bridgehead atoms. The van der Waals surface area contributed by atoms with E-state index in [4.69, 9.17) is 9.47 Å². The largest absolute Gasteiger partial charge is 0.497 e. The fourth-order valence-electron chi connectivity index (χ4n) is 3.53. The molecular formula is C23H30N2O5S. The van der Waals surface area contributed by atoms with Crippen LogP contribution in [0.15, 0.2) is 53.4 Å². The Morgan fingerprint density at radius 2 is 1.77 bits per heavy atom. The summed E-state index contributed by atoms with van der Waals surface area (Å²) in [7, 11) is -2.00. The molecular weight excluding hydrogens is 416 g/mol. The summed E-state index contributed by atoms with van der Waals surface area (Å²) in [5.41, 5.74) is 1.00. The number of sulfonamides is 1. The molecule has 1 aliphatic rings. The van der Waals surface area contributed by atoms with Crippen LogP contribution in [-0.2, 0) is 14.8 Å². The Labute approximate surface area is 184 Å². The standard InChI is InChI=1S/C23H30N2O5S/c1-17-6-12-22(13-7-17)31(27,28)25-14-4-5-19(15-25)23(26)24-18(2)16-30-21-10-8-20(29-3)9-11-21/h6-13,18-19H,4-5,14-16H2,1-3H3,(H,24,26). The van der Waals surface area contributed by atoms with Gasteiger partial charge in [-0.25, -0.2) is 8.42 Å². The third kappa shape index (κ3) is 5.98. The lowest BCUT2D eigenvalue weighted by Gasteiger charge is -2.31. The zero-order valence-electron chi connectivity index (χ0n) is 18.2. The third-order valence-electron chi connectivity index (χ3n) is 5.36. The normalized spacial score (nSPS) is 18.2. The molecule has 1 saturated heterocycles. The molecule has 0 aliphatic carbocycles. The minimum absolute atomic E-state index is 0.144. The monoisotopic (exact) mass is 446 g/mol. The van der Waals surface area contributed by atoms with Crippen LogP contribution >= 0.6 is 0 Å². The highest BCUT2D eigenvalue weighted by atomic mass is 32.2. The first kappa shape index (κ1) is 23.1. The van der Waals surface area contributed by atoms with Crippen molar-refractivity contribution in [3.8, 4) is 11.5 Å². The Morgan fingerprint density at radius 1 is 1.13 bits per heavy atom. The van der Waals surface area contributed by atoms with E-state index in [1.165, 1.54) is 4.31 Å². The first-order valence-corrected chi connectivity index (χ1v) is 11.9. The number of carbonyl (C=O) groups excluding carboxylic acids is 1. The van der Waals surface area contributed by atoms with Gasteiger partial charge in [0.2, 0.25) is 15.9 Å². The molecule has 2 aromatic rings. The van der Waals surface area contributed by atoms with Crippen molar-refractivity contribution in [3.05, 3.63) is 54.1 Å². The van der Waals surface area contributed by atoms with Gasteiger partial charge in [0, 0.05) is 13.1 Å². The van der Waals surface area contributed by atoms with Crippen molar-refractivity contribution >= 4 is 15.9 Å². The number of aryl methyl sites for hydroxylation is 1. The van der Waals surface area contributed by atoms with Crippen molar-refractivity contribution < 1.29 is 22.7 Å².